The second-order valence-corrected chi connectivity index (χ2v) is 4.95. The van der Waals surface area contributed by atoms with Gasteiger partial charge in [-0.2, -0.15) is 0 Å². The van der Waals surface area contributed by atoms with Crippen LogP contribution in [0.4, 0.5) is 0 Å². The molecule has 120 valence electrons. The van der Waals surface area contributed by atoms with E-state index in [1.807, 2.05) is 60.7 Å². The molecule has 4 heteroatoms. The molecule has 2 rings (SSSR count). The quantitative estimate of drug-likeness (QED) is 0.486. The zero-order valence-corrected chi connectivity index (χ0v) is 13.4. The second kappa shape index (κ2) is 8.76. The van der Waals surface area contributed by atoms with Crippen molar-refractivity contribution in [3.63, 3.8) is 0 Å². The van der Waals surface area contributed by atoms with Crippen LogP contribution in [0.25, 0.3) is 11.6 Å². The minimum absolute atomic E-state index is 0.121. The van der Waals surface area contributed by atoms with Gasteiger partial charge in [-0.25, -0.2) is 0 Å². The maximum absolute atomic E-state index is 12.5. The van der Waals surface area contributed by atoms with Crippen molar-refractivity contribution in [1.29, 1.82) is 0 Å². The highest BCUT2D eigenvalue weighted by atomic mass is 16.5. The van der Waals surface area contributed by atoms with Gasteiger partial charge in [-0.1, -0.05) is 42.5 Å². The van der Waals surface area contributed by atoms with Gasteiger partial charge in [0.05, 0.1) is 13.7 Å². The summed E-state index contributed by atoms with van der Waals surface area (Å²) < 4.78 is 10.1. The van der Waals surface area contributed by atoms with Crippen LogP contribution < -0.4 is 10.1 Å². The number of hydrogen-bond acceptors (Lipinski definition) is 3. The van der Waals surface area contributed by atoms with E-state index >= 15 is 0 Å². The number of nitrogens with one attached hydrogen (secondary N) is 1. The average molecular weight is 311 g/mol. The van der Waals surface area contributed by atoms with E-state index in [2.05, 4.69) is 5.32 Å². The third-order valence-electron chi connectivity index (χ3n) is 3.35. The fourth-order valence-corrected chi connectivity index (χ4v) is 2.13. The molecule has 0 aromatic heterocycles. The van der Waals surface area contributed by atoms with E-state index in [4.69, 9.17) is 9.47 Å². The van der Waals surface area contributed by atoms with Crippen molar-refractivity contribution in [3.05, 3.63) is 65.7 Å². The average Bonchev–Trinajstić information content (AvgIpc) is 2.61. The number of amides is 1. The zero-order chi connectivity index (χ0) is 16.5. The monoisotopic (exact) mass is 311 g/mol. The van der Waals surface area contributed by atoms with Crippen LogP contribution in [0.5, 0.6) is 5.75 Å². The highest BCUT2D eigenvalue weighted by Crippen LogP contribution is 2.20. The first-order valence-electron chi connectivity index (χ1n) is 7.43. The Morgan fingerprint density at radius 3 is 2.35 bits per heavy atom. The van der Waals surface area contributed by atoms with Gasteiger partial charge in [0.15, 0.2) is 0 Å². The van der Waals surface area contributed by atoms with Gasteiger partial charge >= 0.3 is 0 Å². The molecular formula is C19H21NO3. The third-order valence-corrected chi connectivity index (χ3v) is 3.35. The molecule has 0 radical (unpaired) electrons. The Bertz CT molecular complexity index is 648. The van der Waals surface area contributed by atoms with E-state index in [1.165, 1.54) is 0 Å². The molecule has 0 unspecified atom stereocenters. The zero-order valence-electron chi connectivity index (χ0n) is 13.4. The van der Waals surface area contributed by atoms with Crippen molar-refractivity contribution in [2.24, 2.45) is 0 Å². The smallest absolute Gasteiger partial charge is 0.251 e. The van der Waals surface area contributed by atoms with Crippen LogP contribution in [0.15, 0.2) is 54.6 Å². The fourth-order valence-electron chi connectivity index (χ4n) is 2.13. The molecule has 1 amide bonds. The Kier molecular flexibility index (Phi) is 6.39. The van der Waals surface area contributed by atoms with Gasteiger partial charge < -0.3 is 14.8 Å². The molecule has 0 saturated carbocycles. The van der Waals surface area contributed by atoms with E-state index in [0.717, 1.165) is 16.9 Å². The molecule has 2 aromatic rings. The first-order valence-corrected chi connectivity index (χ1v) is 7.43. The van der Waals surface area contributed by atoms with Crippen LogP contribution in [-0.4, -0.2) is 33.3 Å². The van der Waals surface area contributed by atoms with Crippen molar-refractivity contribution >= 4 is 17.6 Å². The third kappa shape index (κ3) is 4.97. The number of ether oxygens (including phenoxy) is 2. The Morgan fingerprint density at radius 2 is 1.74 bits per heavy atom. The summed E-state index contributed by atoms with van der Waals surface area (Å²) in [6.45, 7) is 0.957. The SMILES string of the molecule is COCCNC(=O)C(=Cc1ccc(OC)cc1)c1ccccc1. The van der Waals surface area contributed by atoms with E-state index in [-0.39, 0.29) is 5.91 Å². The summed E-state index contributed by atoms with van der Waals surface area (Å²) in [5, 5.41) is 2.87. The van der Waals surface area contributed by atoms with Crippen LogP contribution in [0, 0.1) is 0 Å². The standard InChI is InChI=1S/C19H21NO3/c1-22-13-12-20-19(21)18(16-6-4-3-5-7-16)14-15-8-10-17(23-2)11-9-15/h3-11,14H,12-13H2,1-2H3,(H,20,21). The van der Waals surface area contributed by atoms with Gasteiger partial charge in [0.25, 0.3) is 5.91 Å². The number of carbonyl (C=O) groups is 1. The number of hydrogen-bond donors (Lipinski definition) is 1. The highest BCUT2D eigenvalue weighted by molar-refractivity contribution is 6.24. The number of benzene rings is 2. The lowest BCUT2D eigenvalue weighted by Crippen LogP contribution is -2.27. The molecule has 0 aliphatic rings. The lowest BCUT2D eigenvalue weighted by molar-refractivity contribution is -0.115. The van der Waals surface area contributed by atoms with Crippen molar-refractivity contribution < 1.29 is 14.3 Å². The largest absolute Gasteiger partial charge is 0.497 e. The van der Waals surface area contributed by atoms with E-state index in [1.54, 1.807) is 14.2 Å². The molecule has 1 N–H and O–H groups in total. The summed E-state index contributed by atoms with van der Waals surface area (Å²) in [4.78, 5) is 12.5. The number of methoxy groups -OCH3 is 2. The van der Waals surface area contributed by atoms with E-state index in [0.29, 0.717) is 18.7 Å². The maximum atomic E-state index is 12.5. The van der Waals surface area contributed by atoms with Crippen LogP contribution >= 0.6 is 0 Å². The van der Waals surface area contributed by atoms with Crippen LogP contribution in [0.2, 0.25) is 0 Å². The van der Waals surface area contributed by atoms with Gasteiger partial charge in [-0.3, -0.25) is 4.79 Å². The second-order valence-electron chi connectivity index (χ2n) is 4.95. The number of rotatable bonds is 7. The van der Waals surface area contributed by atoms with Crippen molar-refractivity contribution in [1.82, 2.24) is 5.32 Å². The lowest BCUT2D eigenvalue weighted by atomic mass is 10.0. The molecule has 2 aromatic carbocycles. The minimum atomic E-state index is -0.121. The summed E-state index contributed by atoms with van der Waals surface area (Å²) >= 11 is 0. The van der Waals surface area contributed by atoms with Crippen molar-refractivity contribution in [3.8, 4) is 5.75 Å². The maximum Gasteiger partial charge on any atom is 0.251 e. The van der Waals surface area contributed by atoms with E-state index in [9.17, 15) is 4.79 Å². The summed E-state index contributed by atoms with van der Waals surface area (Å²) in [7, 11) is 3.24. The van der Waals surface area contributed by atoms with E-state index < -0.39 is 0 Å². The molecule has 23 heavy (non-hydrogen) atoms. The summed E-state index contributed by atoms with van der Waals surface area (Å²) in [6, 6.07) is 17.2. The highest BCUT2D eigenvalue weighted by Gasteiger charge is 2.11. The fraction of sp³-hybridized carbons (Fsp3) is 0.211. The molecule has 0 aliphatic carbocycles. The molecule has 0 bridgehead atoms. The van der Waals surface area contributed by atoms with Gasteiger partial charge in [-0.15, -0.1) is 0 Å². The minimum Gasteiger partial charge on any atom is -0.497 e. The molecule has 0 aliphatic heterocycles. The topological polar surface area (TPSA) is 47.6 Å². The van der Waals surface area contributed by atoms with Gasteiger partial charge in [0.1, 0.15) is 5.75 Å². The Labute approximate surface area is 136 Å². The van der Waals surface area contributed by atoms with Gasteiger partial charge in [0, 0.05) is 19.2 Å². The van der Waals surface area contributed by atoms with Crippen LogP contribution in [0.3, 0.4) is 0 Å². The molecule has 0 atom stereocenters. The molecule has 0 spiro atoms. The summed E-state index contributed by atoms with van der Waals surface area (Å²) in [5.74, 6) is 0.664. The van der Waals surface area contributed by atoms with Crippen LogP contribution in [-0.2, 0) is 9.53 Å². The Balaban J connectivity index is 2.28. The first kappa shape index (κ1) is 16.8. The first-order chi connectivity index (χ1) is 11.2. The Hall–Kier alpha value is -2.59. The van der Waals surface area contributed by atoms with Crippen molar-refractivity contribution in [2.75, 3.05) is 27.4 Å². The summed E-state index contributed by atoms with van der Waals surface area (Å²) in [6.07, 6.45) is 1.87. The Morgan fingerprint density at radius 1 is 1.04 bits per heavy atom. The van der Waals surface area contributed by atoms with Gasteiger partial charge in [-0.05, 0) is 29.3 Å². The molecule has 0 fully saturated rings. The van der Waals surface area contributed by atoms with Crippen molar-refractivity contribution in [2.45, 2.75) is 0 Å². The molecular weight excluding hydrogens is 290 g/mol. The predicted molar refractivity (Wildman–Crippen MR) is 92.2 cm³/mol. The molecule has 0 heterocycles. The predicted octanol–water partition coefficient (Wildman–Crippen LogP) is 3.00. The summed E-state index contributed by atoms with van der Waals surface area (Å²) in [5.41, 5.74) is 2.43. The molecule has 0 saturated heterocycles. The van der Waals surface area contributed by atoms with Gasteiger partial charge in [0.2, 0.25) is 0 Å². The normalized spacial score (nSPS) is 11.1. The molecule has 4 nitrogen and oxygen atoms in total. The lowest BCUT2D eigenvalue weighted by Gasteiger charge is -2.10. The van der Waals surface area contributed by atoms with Crippen LogP contribution in [0.1, 0.15) is 11.1 Å². The number of carbonyl (C=O) groups excluding carboxylic acids is 1.